The van der Waals surface area contributed by atoms with E-state index in [1.54, 1.807) is 30.3 Å². The molecule has 2 aromatic rings. The summed E-state index contributed by atoms with van der Waals surface area (Å²) in [7, 11) is 2.70. The number of rotatable bonds is 5. The van der Waals surface area contributed by atoms with Crippen molar-refractivity contribution >= 4 is 11.6 Å². The zero-order valence-corrected chi connectivity index (χ0v) is 12.2. The van der Waals surface area contributed by atoms with Gasteiger partial charge in [-0.1, -0.05) is 29.4 Å². The third-order valence-corrected chi connectivity index (χ3v) is 2.81. The standard InChI is InChI=1S/C16H15FN2O3/c1-18-16(20)15(19-21-2)14-12(17)9-6-10-13(14)22-11-7-4-3-5-8-11/h3-10H,1-2H3,(H,18,20)/b19-15+. The van der Waals surface area contributed by atoms with Gasteiger partial charge < -0.3 is 14.9 Å². The van der Waals surface area contributed by atoms with Gasteiger partial charge in [-0.3, -0.25) is 4.79 Å². The average molecular weight is 302 g/mol. The van der Waals surface area contributed by atoms with Gasteiger partial charge in [0.15, 0.2) is 5.71 Å². The van der Waals surface area contributed by atoms with Gasteiger partial charge in [0.25, 0.3) is 5.91 Å². The predicted molar refractivity (Wildman–Crippen MR) is 80.5 cm³/mol. The van der Waals surface area contributed by atoms with Crippen LogP contribution in [0.2, 0.25) is 0 Å². The maximum Gasteiger partial charge on any atom is 0.273 e. The number of halogens is 1. The minimum absolute atomic E-state index is 0.0625. The topological polar surface area (TPSA) is 59.9 Å². The number of likely N-dealkylation sites (N-methyl/N-ethyl adjacent to an activating group) is 1. The number of nitrogens with zero attached hydrogens (tertiary/aromatic N) is 1. The van der Waals surface area contributed by atoms with Gasteiger partial charge in [0.2, 0.25) is 0 Å². The molecule has 2 aromatic carbocycles. The first-order chi connectivity index (χ1) is 10.7. The van der Waals surface area contributed by atoms with Crippen molar-refractivity contribution in [1.82, 2.24) is 5.32 Å². The zero-order valence-electron chi connectivity index (χ0n) is 12.2. The minimum Gasteiger partial charge on any atom is -0.457 e. The Bertz CT molecular complexity index is 687. The van der Waals surface area contributed by atoms with E-state index >= 15 is 0 Å². The van der Waals surface area contributed by atoms with E-state index in [-0.39, 0.29) is 17.0 Å². The van der Waals surface area contributed by atoms with Gasteiger partial charge in [-0.05, 0) is 24.3 Å². The van der Waals surface area contributed by atoms with Crippen LogP contribution in [0.5, 0.6) is 11.5 Å². The molecule has 0 aromatic heterocycles. The molecule has 0 aliphatic rings. The normalized spacial score (nSPS) is 11.0. The lowest BCUT2D eigenvalue weighted by Gasteiger charge is -2.12. The van der Waals surface area contributed by atoms with Gasteiger partial charge in [0, 0.05) is 7.05 Å². The number of hydrogen-bond donors (Lipinski definition) is 1. The van der Waals surface area contributed by atoms with Crippen LogP contribution in [-0.2, 0) is 9.63 Å². The van der Waals surface area contributed by atoms with Crippen molar-refractivity contribution in [1.29, 1.82) is 0 Å². The molecule has 0 bridgehead atoms. The molecular formula is C16H15FN2O3. The monoisotopic (exact) mass is 302 g/mol. The van der Waals surface area contributed by atoms with Crippen LogP contribution in [0.3, 0.4) is 0 Å². The second kappa shape index (κ2) is 7.21. The second-order valence-corrected chi connectivity index (χ2v) is 4.23. The number of oxime groups is 1. The van der Waals surface area contributed by atoms with Crippen molar-refractivity contribution in [3.05, 3.63) is 59.9 Å². The van der Waals surface area contributed by atoms with Crippen LogP contribution in [-0.4, -0.2) is 25.8 Å². The van der Waals surface area contributed by atoms with E-state index in [1.165, 1.54) is 26.3 Å². The van der Waals surface area contributed by atoms with Crippen LogP contribution < -0.4 is 10.1 Å². The van der Waals surface area contributed by atoms with Crippen molar-refractivity contribution in [3.8, 4) is 11.5 Å². The fourth-order valence-electron chi connectivity index (χ4n) is 1.85. The molecule has 22 heavy (non-hydrogen) atoms. The molecule has 5 nitrogen and oxygen atoms in total. The molecule has 6 heteroatoms. The van der Waals surface area contributed by atoms with Gasteiger partial charge in [0.05, 0.1) is 5.56 Å². The van der Waals surface area contributed by atoms with Crippen molar-refractivity contribution < 1.29 is 18.8 Å². The summed E-state index contributed by atoms with van der Waals surface area (Å²) < 4.78 is 19.9. The number of benzene rings is 2. The molecule has 0 radical (unpaired) electrons. The Hall–Kier alpha value is -2.89. The van der Waals surface area contributed by atoms with Crippen LogP contribution in [0.15, 0.2) is 53.7 Å². The third kappa shape index (κ3) is 3.41. The van der Waals surface area contributed by atoms with Crippen LogP contribution in [0.4, 0.5) is 4.39 Å². The van der Waals surface area contributed by atoms with E-state index in [1.807, 2.05) is 6.07 Å². The zero-order chi connectivity index (χ0) is 15.9. The Balaban J connectivity index is 2.50. The summed E-state index contributed by atoms with van der Waals surface area (Å²) >= 11 is 0. The number of nitrogens with one attached hydrogen (secondary N) is 1. The Labute approximate surface area is 127 Å². The Morgan fingerprint density at radius 1 is 1.14 bits per heavy atom. The highest BCUT2D eigenvalue weighted by atomic mass is 19.1. The van der Waals surface area contributed by atoms with Gasteiger partial charge in [-0.15, -0.1) is 0 Å². The molecule has 114 valence electrons. The van der Waals surface area contributed by atoms with Crippen LogP contribution in [0.25, 0.3) is 0 Å². The molecule has 0 heterocycles. The van der Waals surface area contributed by atoms with Gasteiger partial charge in [-0.2, -0.15) is 0 Å². The number of hydrogen-bond acceptors (Lipinski definition) is 4. The molecule has 0 unspecified atom stereocenters. The third-order valence-electron chi connectivity index (χ3n) is 2.81. The summed E-state index contributed by atoms with van der Waals surface area (Å²) in [6.45, 7) is 0. The average Bonchev–Trinajstić information content (AvgIpc) is 2.54. The van der Waals surface area contributed by atoms with Crippen molar-refractivity contribution in [2.24, 2.45) is 5.16 Å². The molecule has 0 aliphatic heterocycles. The summed E-state index contributed by atoms with van der Waals surface area (Å²) in [6, 6.07) is 13.1. The van der Waals surface area contributed by atoms with Crippen LogP contribution >= 0.6 is 0 Å². The maximum absolute atomic E-state index is 14.2. The molecule has 1 amide bonds. The molecule has 0 saturated heterocycles. The summed E-state index contributed by atoms with van der Waals surface area (Å²) in [5.74, 6) is -0.522. The highest BCUT2D eigenvalue weighted by molar-refractivity contribution is 6.45. The SMILES string of the molecule is CNC(=O)/C(=N/OC)c1c(F)cccc1Oc1ccccc1. The van der Waals surface area contributed by atoms with E-state index in [0.717, 1.165) is 0 Å². The van der Waals surface area contributed by atoms with E-state index in [9.17, 15) is 9.18 Å². The molecule has 1 N–H and O–H groups in total. The Morgan fingerprint density at radius 3 is 2.50 bits per heavy atom. The predicted octanol–water partition coefficient (Wildman–Crippen LogP) is 2.71. The van der Waals surface area contributed by atoms with E-state index in [0.29, 0.717) is 5.75 Å². The van der Waals surface area contributed by atoms with Crippen molar-refractivity contribution in [2.75, 3.05) is 14.2 Å². The molecule has 0 spiro atoms. The van der Waals surface area contributed by atoms with Gasteiger partial charge in [0.1, 0.15) is 24.4 Å². The number of ether oxygens (including phenoxy) is 1. The highest BCUT2D eigenvalue weighted by Gasteiger charge is 2.23. The Kier molecular flexibility index (Phi) is 5.08. The van der Waals surface area contributed by atoms with Crippen molar-refractivity contribution in [2.45, 2.75) is 0 Å². The van der Waals surface area contributed by atoms with Crippen molar-refractivity contribution in [3.63, 3.8) is 0 Å². The molecule has 0 atom stereocenters. The van der Waals surface area contributed by atoms with Gasteiger partial charge in [-0.25, -0.2) is 4.39 Å². The lowest BCUT2D eigenvalue weighted by atomic mass is 10.1. The fraction of sp³-hybridized carbons (Fsp3) is 0.125. The van der Waals surface area contributed by atoms with E-state index in [4.69, 9.17) is 4.74 Å². The first-order valence-electron chi connectivity index (χ1n) is 6.52. The molecule has 0 aliphatic carbocycles. The summed E-state index contributed by atoms with van der Waals surface area (Å²) in [5.41, 5.74) is -0.262. The molecule has 0 fully saturated rings. The lowest BCUT2D eigenvalue weighted by molar-refractivity contribution is -0.114. The first kappa shape index (κ1) is 15.5. The largest absolute Gasteiger partial charge is 0.457 e. The fourth-order valence-corrected chi connectivity index (χ4v) is 1.85. The van der Waals surface area contributed by atoms with Crippen LogP contribution in [0, 0.1) is 5.82 Å². The molecule has 0 saturated carbocycles. The van der Waals surface area contributed by atoms with E-state index < -0.39 is 11.7 Å². The summed E-state index contributed by atoms with van der Waals surface area (Å²) in [4.78, 5) is 16.6. The maximum atomic E-state index is 14.2. The highest BCUT2D eigenvalue weighted by Crippen LogP contribution is 2.28. The lowest BCUT2D eigenvalue weighted by Crippen LogP contribution is -2.29. The minimum atomic E-state index is -0.632. The van der Waals surface area contributed by atoms with Gasteiger partial charge >= 0.3 is 0 Å². The van der Waals surface area contributed by atoms with Crippen LogP contribution in [0.1, 0.15) is 5.56 Å². The second-order valence-electron chi connectivity index (χ2n) is 4.23. The smallest absolute Gasteiger partial charge is 0.273 e. The molecular weight excluding hydrogens is 287 g/mol. The molecule has 2 rings (SSSR count). The first-order valence-corrected chi connectivity index (χ1v) is 6.52. The number of amides is 1. The quantitative estimate of drug-likeness (QED) is 0.682. The number of carbonyl (C=O) groups is 1. The number of para-hydroxylation sites is 1. The summed E-state index contributed by atoms with van der Waals surface area (Å²) in [6.07, 6.45) is 0. The Morgan fingerprint density at radius 2 is 1.86 bits per heavy atom. The number of carbonyl (C=O) groups excluding carboxylic acids is 1. The van der Waals surface area contributed by atoms with E-state index in [2.05, 4.69) is 15.3 Å². The summed E-state index contributed by atoms with van der Waals surface area (Å²) in [5, 5.41) is 6.01.